The minimum Gasteiger partial charge on any atom is -0.492 e. The molecule has 5 nitrogen and oxygen atoms in total. The Labute approximate surface area is 122 Å². The van der Waals surface area contributed by atoms with E-state index in [1.54, 1.807) is 12.1 Å². The van der Waals surface area contributed by atoms with Crippen molar-refractivity contribution in [2.24, 2.45) is 0 Å². The van der Waals surface area contributed by atoms with Crippen LogP contribution in [-0.4, -0.2) is 21.6 Å². The van der Waals surface area contributed by atoms with Gasteiger partial charge in [0, 0.05) is 6.54 Å². The molecule has 21 heavy (non-hydrogen) atoms. The number of hydrogen-bond donors (Lipinski definition) is 2. The van der Waals surface area contributed by atoms with Crippen LogP contribution in [-0.2, 0) is 10.0 Å². The van der Waals surface area contributed by atoms with E-state index >= 15 is 0 Å². The van der Waals surface area contributed by atoms with Gasteiger partial charge >= 0.3 is 0 Å². The Morgan fingerprint density at radius 3 is 2.52 bits per heavy atom. The molecule has 0 amide bonds. The van der Waals surface area contributed by atoms with Gasteiger partial charge in [0.2, 0.25) is 10.0 Å². The van der Waals surface area contributed by atoms with Crippen molar-refractivity contribution in [3.8, 4) is 5.75 Å². The molecule has 0 aliphatic rings. The maximum atomic E-state index is 13.3. The predicted molar refractivity (Wildman–Crippen MR) is 77.9 cm³/mol. The lowest BCUT2D eigenvalue weighted by atomic mass is 10.3. The number of nitrogens with one attached hydrogen (secondary N) is 1. The van der Waals surface area contributed by atoms with Crippen molar-refractivity contribution in [3.63, 3.8) is 0 Å². The Morgan fingerprint density at radius 2 is 1.86 bits per heavy atom. The molecule has 0 saturated heterocycles. The lowest BCUT2D eigenvalue weighted by Crippen LogP contribution is -2.28. The zero-order valence-electron chi connectivity index (χ0n) is 11.1. The van der Waals surface area contributed by atoms with Gasteiger partial charge in [-0.05, 0) is 30.3 Å². The number of anilines is 1. The zero-order chi connectivity index (χ0) is 15.3. The van der Waals surface area contributed by atoms with Crippen LogP contribution < -0.4 is 15.2 Å². The molecule has 3 N–H and O–H groups in total. The first-order valence-corrected chi connectivity index (χ1v) is 7.70. The summed E-state index contributed by atoms with van der Waals surface area (Å²) in [5, 5.41) is 0. The normalized spacial score (nSPS) is 11.3. The molecule has 112 valence electrons. The summed E-state index contributed by atoms with van der Waals surface area (Å²) < 4.78 is 44.8. The highest BCUT2D eigenvalue weighted by molar-refractivity contribution is 7.89. The monoisotopic (exact) mass is 310 g/mol. The van der Waals surface area contributed by atoms with Crippen molar-refractivity contribution in [2.75, 3.05) is 18.9 Å². The number of ether oxygens (including phenoxy) is 1. The summed E-state index contributed by atoms with van der Waals surface area (Å²) in [6, 6.07) is 12.4. The first kappa shape index (κ1) is 15.3. The van der Waals surface area contributed by atoms with Crippen LogP contribution in [0.15, 0.2) is 53.4 Å². The minimum absolute atomic E-state index is 0.0726. The molecule has 2 rings (SSSR count). The average molecular weight is 310 g/mol. The van der Waals surface area contributed by atoms with Gasteiger partial charge in [0.25, 0.3) is 0 Å². The molecule has 2 aromatic carbocycles. The van der Waals surface area contributed by atoms with Gasteiger partial charge in [0.15, 0.2) is 0 Å². The fourth-order valence-corrected chi connectivity index (χ4v) is 2.64. The first-order chi connectivity index (χ1) is 9.99. The number of sulfonamides is 1. The Bertz CT molecular complexity index is 705. The van der Waals surface area contributed by atoms with E-state index in [4.69, 9.17) is 10.5 Å². The third kappa shape index (κ3) is 4.17. The Balaban J connectivity index is 1.91. The number of hydrogen-bond acceptors (Lipinski definition) is 4. The quantitative estimate of drug-likeness (QED) is 0.629. The Morgan fingerprint density at radius 1 is 1.14 bits per heavy atom. The second kappa shape index (κ2) is 6.55. The molecule has 0 heterocycles. The van der Waals surface area contributed by atoms with Crippen molar-refractivity contribution in [3.05, 3.63) is 54.3 Å². The average Bonchev–Trinajstić information content (AvgIpc) is 2.47. The van der Waals surface area contributed by atoms with Gasteiger partial charge in [-0.2, -0.15) is 0 Å². The summed E-state index contributed by atoms with van der Waals surface area (Å²) in [5.41, 5.74) is 5.21. The number of nitrogens with two attached hydrogens (primary N) is 1. The van der Waals surface area contributed by atoms with Crippen LogP contribution in [0.1, 0.15) is 0 Å². The van der Waals surface area contributed by atoms with E-state index in [1.807, 2.05) is 18.2 Å². The standard InChI is InChI=1S/C14H15FN2O3S/c15-13-10-12(6-7-14(13)16)21(18,19)17-8-9-20-11-4-2-1-3-5-11/h1-7,10,17H,8-9,16H2. The maximum absolute atomic E-state index is 13.3. The van der Waals surface area contributed by atoms with Crippen molar-refractivity contribution < 1.29 is 17.5 Å². The van der Waals surface area contributed by atoms with E-state index in [1.165, 1.54) is 12.1 Å². The van der Waals surface area contributed by atoms with Gasteiger partial charge in [0.1, 0.15) is 18.2 Å². The second-order valence-corrected chi connectivity index (χ2v) is 6.01. The summed E-state index contributed by atoms with van der Waals surface area (Å²) in [4.78, 5) is -0.172. The molecule has 0 atom stereocenters. The molecule has 0 fully saturated rings. The summed E-state index contributed by atoms with van der Waals surface area (Å²) in [6.45, 7) is 0.240. The lowest BCUT2D eigenvalue weighted by Gasteiger charge is -2.09. The highest BCUT2D eigenvalue weighted by atomic mass is 32.2. The molecule has 0 bridgehead atoms. The highest BCUT2D eigenvalue weighted by Gasteiger charge is 2.15. The van der Waals surface area contributed by atoms with Crippen molar-refractivity contribution in [2.45, 2.75) is 4.90 Å². The SMILES string of the molecule is Nc1ccc(S(=O)(=O)NCCOc2ccccc2)cc1F. The largest absolute Gasteiger partial charge is 0.492 e. The minimum atomic E-state index is -3.78. The van der Waals surface area contributed by atoms with E-state index in [9.17, 15) is 12.8 Å². The molecule has 0 spiro atoms. The van der Waals surface area contributed by atoms with Gasteiger partial charge in [-0.25, -0.2) is 17.5 Å². The van der Waals surface area contributed by atoms with Crippen molar-refractivity contribution >= 4 is 15.7 Å². The van der Waals surface area contributed by atoms with Crippen LogP contribution in [0.2, 0.25) is 0 Å². The van der Waals surface area contributed by atoms with Crippen LogP contribution in [0.5, 0.6) is 5.75 Å². The predicted octanol–water partition coefficient (Wildman–Crippen LogP) is 1.77. The van der Waals surface area contributed by atoms with E-state index in [2.05, 4.69) is 4.72 Å². The third-order valence-corrected chi connectivity index (χ3v) is 4.15. The molecule has 0 aliphatic heterocycles. The number of benzene rings is 2. The summed E-state index contributed by atoms with van der Waals surface area (Å²) in [6.07, 6.45) is 0. The van der Waals surface area contributed by atoms with Gasteiger partial charge in [0.05, 0.1) is 10.6 Å². The zero-order valence-corrected chi connectivity index (χ0v) is 11.9. The van der Waals surface area contributed by atoms with Crippen LogP contribution in [0, 0.1) is 5.82 Å². The third-order valence-electron chi connectivity index (χ3n) is 2.69. The molecule has 0 aromatic heterocycles. The van der Waals surface area contributed by atoms with E-state index in [-0.39, 0.29) is 23.7 Å². The fraction of sp³-hybridized carbons (Fsp3) is 0.143. The van der Waals surface area contributed by atoms with Gasteiger partial charge in [-0.3, -0.25) is 0 Å². The molecule has 0 aliphatic carbocycles. The summed E-state index contributed by atoms with van der Waals surface area (Å²) in [5.74, 6) is -0.117. The van der Waals surface area contributed by atoms with Crippen LogP contribution in [0.4, 0.5) is 10.1 Å². The molecule has 0 saturated carbocycles. The summed E-state index contributed by atoms with van der Waals surface area (Å²) in [7, 11) is -3.78. The van der Waals surface area contributed by atoms with Crippen LogP contribution >= 0.6 is 0 Å². The molecule has 0 radical (unpaired) electrons. The van der Waals surface area contributed by atoms with E-state index in [0.29, 0.717) is 5.75 Å². The summed E-state index contributed by atoms with van der Waals surface area (Å²) >= 11 is 0. The van der Waals surface area contributed by atoms with Gasteiger partial charge < -0.3 is 10.5 Å². The highest BCUT2D eigenvalue weighted by Crippen LogP contribution is 2.16. The molecular formula is C14H15FN2O3S. The van der Waals surface area contributed by atoms with Crippen LogP contribution in [0.25, 0.3) is 0 Å². The Hall–Kier alpha value is -2.12. The molecule has 2 aromatic rings. The van der Waals surface area contributed by atoms with Gasteiger partial charge in [-0.15, -0.1) is 0 Å². The van der Waals surface area contributed by atoms with Crippen molar-refractivity contribution in [1.82, 2.24) is 4.72 Å². The van der Waals surface area contributed by atoms with Crippen molar-refractivity contribution in [1.29, 1.82) is 0 Å². The topological polar surface area (TPSA) is 81.4 Å². The molecular weight excluding hydrogens is 295 g/mol. The number of para-hydroxylation sites is 1. The molecule has 0 unspecified atom stereocenters. The first-order valence-electron chi connectivity index (χ1n) is 6.21. The van der Waals surface area contributed by atoms with Gasteiger partial charge in [-0.1, -0.05) is 18.2 Å². The Kier molecular flexibility index (Phi) is 4.77. The number of rotatable bonds is 6. The van der Waals surface area contributed by atoms with Crippen LogP contribution in [0.3, 0.4) is 0 Å². The second-order valence-electron chi connectivity index (χ2n) is 4.24. The maximum Gasteiger partial charge on any atom is 0.240 e. The van der Waals surface area contributed by atoms with E-state index < -0.39 is 15.8 Å². The number of halogens is 1. The fourth-order valence-electron chi connectivity index (χ4n) is 1.62. The lowest BCUT2D eigenvalue weighted by molar-refractivity contribution is 0.323. The smallest absolute Gasteiger partial charge is 0.240 e. The number of nitrogen functional groups attached to an aromatic ring is 1. The van der Waals surface area contributed by atoms with E-state index in [0.717, 1.165) is 6.07 Å². The molecule has 7 heteroatoms.